The summed E-state index contributed by atoms with van der Waals surface area (Å²) in [6.07, 6.45) is 2.81. The fourth-order valence-corrected chi connectivity index (χ4v) is 2.72. The van der Waals surface area contributed by atoms with E-state index in [-0.39, 0.29) is 17.7 Å². The van der Waals surface area contributed by atoms with Crippen LogP contribution < -0.4 is 5.32 Å². The lowest BCUT2D eigenvalue weighted by atomic mass is 10.1. The molecule has 1 N–H and O–H groups in total. The molecule has 7 nitrogen and oxygen atoms in total. The maximum Gasteiger partial charge on any atom is 0.274 e. The lowest BCUT2D eigenvalue weighted by Gasteiger charge is -2.22. The molecule has 2 heterocycles. The second kappa shape index (κ2) is 7.40. The summed E-state index contributed by atoms with van der Waals surface area (Å²) in [7, 11) is 3.60. The average Bonchev–Trinajstić information content (AvgIpc) is 2.88. The molecule has 0 radical (unpaired) electrons. The molecule has 1 aromatic heterocycles. The van der Waals surface area contributed by atoms with Crippen LogP contribution in [0.5, 0.6) is 0 Å². The van der Waals surface area contributed by atoms with Crippen LogP contribution in [0.25, 0.3) is 0 Å². The van der Waals surface area contributed by atoms with E-state index in [0.717, 1.165) is 19.5 Å². The van der Waals surface area contributed by atoms with Crippen LogP contribution in [-0.2, 0) is 11.3 Å². The van der Waals surface area contributed by atoms with Gasteiger partial charge >= 0.3 is 0 Å². The first-order valence-electron chi connectivity index (χ1n) is 7.78. The number of aryl methyl sites for hydroxylation is 1. The Labute approximate surface area is 131 Å². The molecule has 1 fully saturated rings. The molecule has 0 aromatic carbocycles. The van der Waals surface area contributed by atoms with Gasteiger partial charge in [-0.15, -0.1) is 0 Å². The fourth-order valence-electron chi connectivity index (χ4n) is 2.72. The van der Waals surface area contributed by atoms with Gasteiger partial charge in [0, 0.05) is 46.0 Å². The Morgan fingerprint density at radius 3 is 2.82 bits per heavy atom. The van der Waals surface area contributed by atoms with Gasteiger partial charge in [0.05, 0.1) is 5.92 Å². The van der Waals surface area contributed by atoms with Gasteiger partial charge in [-0.25, -0.2) is 0 Å². The van der Waals surface area contributed by atoms with E-state index in [9.17, 15) is 9.59 Å². The van der Waals surface area contributed by atoms with Crippen LogP contribution in [0, 0.1) is 5.92 Å². The highest BCUT2D eigenvalue weighted by Crippen LogP contribution is 2.12. The van der Waals surface area contributed by atoms with Crippen LogP contribution in [0.2, 0.25) is 0 Å². The zero-order valence-corrected chi connectivity index (χ0v) is 13.6. The minimum absolute atomic E-state index is 0.0249. The van der Waals surface area contributed by atoms with Crippen molar-refractivity contribution in [1.29, 1.82) is 0 Å². The monoisotopic (exact) mass is 307 g/mol. The molecule has 1 aliphatic heterocycles. The van der Waals surface area contributed by atoms with E-state index < -0.39 is 0 Å². The summed E-state index contributed by atoms with van der Waals surface area (Å²) < 4.78 is 1.79. The van der Waals surface area contributed by atoms with Crippen molar-refractivity contribution in [3.05, 3.63) is 18.0 Å². The quantitative estimate of drug-likeness (QED) is 0.853. The zero-order chi connectivity index (χ0) is 16.1. The molecule has 122 valence electrons. The Kier molecular flexibility index (Phi) is 5.54. The summed E-state index contributed by atoms with van der Waals surface area (Å²) in [5.74, 6) is -0.332. The van der Waals surface area contributed by atoms with Crippen molar-refractivity contribution in [2.24, 2.45) is 5.92 Å². The van der Waals surface area contributed by atoms with Crippen LogP contribution in [0.15, 0.2) is 12.3 Å². The minimum atomic E-state index is -0.209. The molecule has 22 heavy (non-hydrogen) atoms. The van der Waals surface area contributed by atoms with Gasteiger partial charge in [-0.3, -0.25) is 14.3 Å². The summed E-state index contributed by atoms with van der Waals surface area (Å²) in [4.78, 5) is 28.4. The molecular formula is C15H25N5O2. The van der Waals surface area contributed by atoms with Crippen LogP contribution in [0.1, 0.15) is 23.8 Å². The topological polar surface area (TPSA) is 70.5 Å². The van der Waals surface area contributed by atoms with Crippen molar-refractivity contribution < 1.29 is 9.59 Å². The summed E-state index contributed by atoms with van der Waals surface area (Å²) in [5.41, 5.74) is 0.452. The van der Waals surface area contributed by atoms with Gasteiger partial charge in [-0.05, 0) is 19.5 Å². The molecule has 1 unspecified atom stereocenters. The number of hydrogen-bond donors (Lipinski definition) is 1. The number of rotatable bonds is 4. The molecule has 1 saturated heterocycles. The molecule has 0 saturated carbocycles. The Hall–Kier alpha value is -1.89. The average molecular weight is 307 g/mol. The van der Waals surface area contributed by atoms with Crippen molar-refractivity contribution in [2.45, 2.75) is 19.9 Å². The van der Waals surface area contributed by atoms with Gasteiger partial charge < -0.3 is 15.1 Å². The number of carbonyl (C=O) groups is 2. The molecule has 1 aromatic rings. The first-order valence-corrected chi connectivity index (χ1v) is 7.78. The minimum Gasteiger partial charge on any atom is -0.359 e. The Bertz CT molecular complexity index is 528. The van der Waals surface area contributed by atoms with Gasteiger partial charge in [0.1, 0.15) is 5.69 Å². The molecule has 2 amide bonds. The third-order valence-electron chi connectivity index (χ3n) is 3.94. The van der Waals surface area contributed by atoms with E-state index >= 15 is 0 Å². The summed E-state index contributed by atoms with van der Waals surface area (Å²) >= 11 is 0. The number of likely N-dealkylation sites (N-methyl/N-ethyl adjacent to an activating group) is 1. The Morgan fingerprint density at radius 1 is 1.36 bits per heavy atom. The Morgan fingerprint density at radius 2 is 2.14 bits per heavy atom. The highest BCUT2D eigenvalue weighted by Gasteiger charge is 2.29. The largest absolute Gasteiger partial charge is 0.359 e. The maximum absolute atomic E-state index is 12.6. The predicted octanol–water partition coefficient (Wildman–Crippen LogP) is 0.0429. The smallest absolute Gasteiger partial charge is 0.274 e. The first kappa shape index (κ1) is 16.5. The van der Waals surface area contributed by atoms with Crippen molar-refractivity contribution in [2.75, 3.05) is 40.3 Å². The second-order valence-corrected chi connectivity index (χ2v) is 5.79. The normalized spacial score (nSPS) is 19.8. The van der Waals surface area contributed by atoms with E-state index in [2.05, 4.69) is 22.2 Å². The molecule has 0 bridgehead atoms. The van der Waals surface area contributed by atoms with E-state index in [1.165, 1.54) is 0 Å². The lowest BCUT2D eigenvalue weighted by Crippen LogP contribution is -2.41. The number of hydrogen-bond acceptors (Lipinski definition) is 4. The fraction of sp³-hybridized carbons (Fsp3) is 0.667. The molecule has 7 heteroatoms. The van der Waals surface area contributed by atoms with Crippen LogP contribution >= 0.6 is 0 Å². The van der Waals surface area contributed by atoms with Crippen molar-refractivity contribution >= 4 is 11.8 Å². The number of nitrogens with one attached hydrogen (secondary N) is 1. The van der Waals surface area contributed by atoms with E-state index in [1.54, 1.807) is 22.7 Å². The Balaban J connectivity index is 2.10. The molecular weight excluding hydrogens is 282 g/mol. The predicted molar refractivity (Wildman–Crippen MR) is 83.5 cm³/mol. The highest BCUT2D eigenvalue weighted by molar-refractivity contribution is 5.92. The van der Waals surface area contributed by atoms with E-state index in [4.69, 9.17) is 0 Å². The van der Waals surface area contributed by atoms with Crippen molar-refractivity contribution in [1.82, 2.24) is 24.9 Å². The van der Waals surface area contributed by atoms with Crippen molar-refractivity contribution in [3.8, 4) is 0 Å². The second-order valence-electron chi connectivity index (χ2n) is 5.79. The van der Waals surface area contributed by atoms with Crippen molar-refractivity contribution in [3.63, 3.8) is 0 Å². The zero-order valence-electron chi connectivity index (χ0n) is 13.6. The summed E-state index contributed by atoms with van der Waals surface area (Å²) in [6, 6.07) is 1.75. The van der Waals surface area contributed by atoms with Crippen LogP contribution in [0.4, 0.5) is 0 Å². The number of nitrogens with zero attached hydrogens (tertiary/aromatic N) is 4. The first-order chi connectivity index (χ1) is 10.5. The number of aromatic nitrogens is 2. The standard InChI is InChI=1S/C15H25N5O2/c1-4-6-20-7-5-13(17-20)15(22)19-9-8-18(3)10-12(11-19)14(21)16-2/h5,7,12H,4,6,8-11H2,1-3H3,(H,16,21). The third kappa shape index (κ3) is 3.85. The molecule has 2 rings (SSSR count). The van der Waals surface area contributed by atoms with Gasteiger partial charge in [0.25, 0.3) is 5.91 Å². The van der Waals surface area contributed by atoms with E-state index in [1.807, 2.05) is 13.2 Å². The molecule has 0 aliphatic carbocycles. The highest BCUT2D eigenvalue weighted by atomic mass is 16.2. The van der Waals surface area contributed by atoms with Gasteiger partial charge in [0.15, 0.2) is 0 Å². The van der Waals surface area contributed by atoms with Crippen LogP contribution in [0.3, 0.4) is 0 Å². The molecule has 1 aliphatic rings. The number of amides is 2. The van der Waals surface area contributed by atoms with Gasteiger partial charge in [0.2, 0.25) is 5.91 Å². The third-order valence-corrected chi connectivity index (χ3v) is 3.94. The van der Waals surface area contributed by atoms with Gasteiger partial charge in [-0.1, -0.05) is 6.92 Å². The molecule has 1 atom stereocenters. The SMILES string of the molecule is CCCn1ccc(C(=O)N2CCN(C)CC(C(=O)NC)C2)n1. The number of carbonyl (C=O) groups excluding carboxylic acids is 2. The summed E-state index contributed by atoms with van der Waals surface area (Å²) in [6.45, 7) is 5.34. The lowest BCUT2D eigenvalue weighted by molar-refractivity contribution is -0.125. The van der Waals surface area contributed by atoms with E-state index in [0.29, 0.717) is 25.3 Å². The molecule has 0 spiro atoms. The summed E-state index contributed by atoms with van der Waals surface area (Å²) in [5, 5.41) is 7.01. The van der Waals surface area contributed by atoms with Gasteiger partial charge in [-0.2, -0.15) is 5.10 Å². The van der Waals surface area contributed by atoms with Crippen LogP contribution in [-0.4, -0.2) is 71.7 Å². The maximum atomic E-state index is 12.6.